The van der Waals surface area contributed by atoms with Crippen LogP contribution < -0.4 is 10.6 Å². The van der Waals surface area contributed by atoms with Crippen molar-refractivity contribution >= 4 is 23.5 Å². The van der Waals surface area contributed by atoms with E-state index in [9.17, 15) is 9.59 Å². The number of halogens is 1. The summed E-state index contributed by atoms with van der Waals surface area (Å²) in [6.45, 7) is 6.33. The van der Waals surface area contributed by atoms with Crippen molar-refractivity contribution in [1.82, 2.24) is 10.6 Å². The number of hydrogen-bond acceptors (Lipinski definition) is 3. The van der Waals surface area contributed by atoms with E-state index < -0.39 is 17.3 Å². The van der Waals surface area contributed by atoms with Crippen molar-refractivity contribution in [1.29, 1.82) is 0 Å². The van der Waals surface area contributed by atoms with Gasteiger partial charge in [-0.05, 0) is 32.6 Å². The summed E-state index contributed by atoms with van der Waals surface area (Å²) >= 11 is 5.59. The number of carbonyl (C=O) groups is 2. The molecule has 1 saturated heterocycles. The van der Waals surface area contributed by atoms with Crippen LogP contribution in [-0.4, -0.2) is 35.6 Å². The largest absolute Gasteiger partial charge is 0.375 e. The van der Waals surface area contributed by atoms with E-state index >= 15 is 0 Å². The molecular weight excluding hydrogens is 268 g/mol. The van der Waals surface area contributed by atoms with Crippen LogP contribution in [-0.2, 0) is 9.53 Å². The van der Waals surface area contributed by atoms with Gasteiger partial charge in [0.25, 0.3) is 0 Å². The van der Waals surface area contributed by atoms with Gasteiger partial charge in [-0.15, -0.1) is 11.6 Å². The van der Waals surface area contributed by atoms with Crippen LogP contribution in [0.2, 0.25) is 0 Å². The summed E-state index contributed by atoms with van der Waals surface area (Å²) in [4.78, 5) is 23.0. The first-order chi connectivity index (χ1) is 8.92. The summed E-state index contributed by atoms with van der Waals surface area (Å²) in [6.07, 6.45) is 3.37. The monoisotopic (exact) mass is 290 g/mol. The minimum Gasteiger partial charge on any atom is -0.375 e. The molecule has 1 aliphatic rings. The van der Waals surface area contributed by atoms with Gasteiger partial charge in [0.15, 0.2) is 0 Å². The highest BCUT2D eigenvalue weighted by atomic mass is 35.5. The van der Waals surface area contributed by atoms with Crippen molar-refractivity contribution in [2.24, 2.45) is 0 Å². The Balaban J connectivity index is 2.48. The maximum absolute atomic E-state index is 11.7. The molecule has 2 N–H and O–H groups in total. The molecule has 1 fully saturated rings. The summed E-state index contributed by atoms with van der Waals surface area (Å²) in [5, 5.41) is 4.33. The number of nitrogens with one attached hydrogen (secondary N) is 2. The van der Waals surface area contributed by atoms with Gasteiger partial charge in [0.05, 0.1) is 5.60 Å². The molecule has 6 heteroatoms. The number of amides is 3. The molecule has 0 spiro atoms. The lowest BCUT2D eigenvalue weighted by Crippen LogP contribution is -2.52. The number of alkyl halides is 1. The zero-order valence-electron chi connectivity index (χ0n) is 11.8. The molecule has 0 aromatic rings. The maximum atomic E-state index is 11.7. The highest BCUT2D eigenvalue weighted by Crippen LogP contribution is 2.31. The molecule has 1 aliphatic heterocycles. The van der Waals surface area contributed by atoms with E-state index in [4.69, 9.17) is 16.3 Å². The van der Waals surface area contributed by atoms with Gasteiger partial charge < -0.3 is 10.1 Å². The van der Waals surface area contributed by atoms with Gasteiger partial charge in [-0.1, -0.05) is 13.8 Å². The Hall–Kier alpha value is -0.810. The molecule has 5 nitrogen and oxygen atoms in total. The number of rotatable bonds is 4. The summed E-state index contributed by atoms with van der Waals surface area (Å²) in [7, 11) is 0. The molecule has 3 amide bonds. The molecule has 2 atom stereocenters. The molecule has 1 rings (SSSR count). The van der Waals surface area contributed by atoms with Gasteiger partial charge in [-0.3, -0.25) is 10.1 Å². The first-order valence-electron chi connectivity index (χ1n) is 6.82. The molecular formula is C13H23ClN2O3. The Kier molecular flexibility index (Phi) is 6.07. The predicted molar refractivity (Wildman–Crippen MR) is 74.3 cm³/mol. The first kappa shape index (κ1) is 16.2. The van der Waals surface area contributed by atoms with E-state index in [1.54, 1.807) is 0 Å². The van der Waals surface area contributed by atoms with E-state index in [2.05, 4.69) is 24.5 Å². The number of urea groups is 1. The van der Waals surface area contributed by atoms with Crippen molar-refractivity contribution in [2.75, 3.05) is 6.61 Å². The van der Waals surface area contributed by atoms with E-state index in [0.29, 0.717) is 6.61 Å². The summed E-state index contributed by atoms with van der Waals surface area (Å²) in [5.74, 6) is -0.483. The lowest BCUT2D eigenvalue weighted by atomic mass is 9.86. The maximum Gasteiger partial charge on any atom is 0.321 e. The molecule has 2 unspecified atom stereocenters. The SMILES string of the molecule is CCC1(CC)CC(NC(=O)NC(=O)C(C)Cl)CCO1. The molecule has 0 aromatic carbocycles. The summed E-state index contributed by atoms with van der Waals surface area (Å²) in [5.41, 5.74) is -0.153. The number of imide groups is 1. The Morgan fingerprint density at radius 2 is 2.05 bits per heavy atom. The van der Waals surface area contributed by atoms with E-state index in [1.807, 2.05) is 0 Å². The first-order valence-corrected chi connectivity index (χ1v) is 7.25. The smallest absolute Gasteiger partial charge is 0.321 e. The molecule has 0 aromatic heterocycles. The molecule has 110 valence electrons. The lowest BCUT2D eigenvalue weighted by Gasteiger charge is -2.40. The molecule has 0 bridgehead atoms. The van der Waals surface area contributed by atoms with Crippen molar-refractivity contribution in [3.8, 4) is 0 Å². The van der Waals surface area contributed by atoms with Crippen LogP contribution in [0, 0.1) is 0 Å². The van der Waals surface area contributed by atoms with Gasteiger partial charge in [0, 0.05) is 12.6 Å². The van der Waals surface area contributed by atoms with Crippen LogP contribution in [0.25, 0.3) is 0 Å². The highest BCUT2D eigenvalue weighted by molar-refractivity contribution is 6.31. The Bertz CT molecular complexity index is 330. The molecule has 1 heterocycles. The molecule has 0 aliphatic carbocycles. The molecule has 0 saturated carbocycles. The predicted octanol–water partition coefficient (Wildman–Crippen LogP) is 2.18. The van der Waals surface area contributed by atoms with Gasteiger partial charge in [0.2, 0.25) is 5.91 Å². The van der Waals surface area contributed by atoms with Crippen LogP contribution in [0.4, 0.5) is 4.79 Å². The fourth-order valence-electron chi connectivity index (χ4n) is 2.33. The van der Waals surface area contributed by atoms with Crippen LogP contribution in [0.5, 0.6) is 0 Å². The second-order valence-corrected chi connectivity index (χ2v) is 5.66. The third kappa shape index (κ3) is 4.66. The minimum atomic E-state index is -0.717. The van der Waals surface area contributed by atoms with E-state index in [1.165, 1.54) is 6.92 Å². The Morgan fingerprint density at radius 3 is 2.58 bits per heavy atom. The number of carbonyl (C=O) groups excluding carboxylic acids is 2. The minimum absolute atomic E-state index is 0.0343. The highest BCUT2D eigenvalue weighted by Gasteiger charge is 2.35. The molecule has 0 radical (unpaired) electrons. The average Bonchev–Trinajstić information content (AvgIpc) is 2.38. The van der Waals surface area contributed by atoms with Crippen LogP contribution in [0.3, 0.4) is 0 Å². The third-order valence-electron chi connectivity index (χ3n) is 3.71. The Labute approximate surface area is 119 Å². The fraction of sp³-hybridized carbons (Fsp3) is 0.846. The van der Waals surface area contributed by atoms with Crippen LogP contribution in [0.15, 0.2) is 0 Å². The summed E-state index contributed by atoms with van der Waals surface area (Å²) < 4.78 is 5.84. The second-order valence-electron chi connectivity index (χ2n) is 5.01. The van der Waals surface area contributed by atoms with E-state index in [-0.39, 0.29) is 11.6 Å². The second kappa shape index (κ2) is 7.10. The van der Waals surface area contributed by atoms with Gasteiger partial charge >= 0.3 is 6.03 Å². The van der Waals surface area contributed by atoms with Gasteiger partial charge in [-0.2, -0.15) is 0 Å². The van der Waals surface area contributed by atoms with E-state index in [0.717, 1.165) is 25.7 Å². The quantitative estimate of drug-likeness (QED) is 0.780. The topological polar surface area (TPSA) is 67.4 Å². The standard InChI is InChI=1S/C13H23ClN2O3/c1-4-13(5-2)8-10(6-7-19-13)15-12(18)16-11(17)9(3)14/h9-10H,4-8H2,1-3H3,(H2,15,16,17,18). The average molecular weight is 291 g/mol. The van der Waals surface area contributed by atoms with Crippen LogP contribution in [0.1, 0.15) is 46.5 Å². The number of hydrogen-bond donors (Lipinski definition) is 2. The lowest BCUT2D eigenvalue weighted by molar-refractivity contribution is -0.119. The third-order valence-corrected chi connectivity index (χ3v) is 3.91. The van der Waals surface area contributed by atoms with Crippen molar-refractivity contribution in [3.63, 3.8) is 0 Å². The summed E-state index contributed by atoms with van der Waals surface area (Å²) in [6, 6.07) is -0.447. The van der Waals surface area contributed by atoms with Gasteiger partial charge in [-0.25, -0.2) is 4.79 Å². The van der Waals surface area contributed by atoms with Crippen molar-refractivity contribution < 1.29 is 14.3 Å². The number of ether oxygens (including phenoxy) is 1. The van der Waals surface area contributed by atoms with Crippen molar-refractivity contribution in [3.05, 3.63) is 0 Å². The normalized spacial score (nSPS) is 23.5. The Morgan fingerprint density at radius 1 is 1.42 bits per heavy atom. The van der Waals surface area contributed by atoms with Gasteiger partial charge in [0.1, 0.15) is 5.38 Å². The zero-order valence-corrected chi connectivity index (χ0v) is 12.5. The van der Waals surface area contributed by atoms with Crippen molar-refractivity contribution in [2.45, 2.75) is 63.5 Å². The van der Waals surface area contributed by atoms with Crippen LogP contribution >= 0.6 is 11.6 Å². The zero-order chi connectivity index (χ0) is 14.5. The fourth-order valence-corrected chi connectivity index (χ4v) is 2.38. The molecule has 19 heavy (non-hydrogen) atoms.